The number of aromatic nitrogens is 2. The van der Waals surface area contributed by atoms with Crippen LogP contribution in [0.5, 0.6) is 0 Å². The predicted molar refractivity (Wildman–Crippen MR) is 107 cm³/mol. The van der Waals surface area contributed by atoms with Gasteiger partial charge in [-0.05, 0) is 54.2 Å². The van der Waals surface area contributed by atoms with Gasteiger partial charge in [0.15, 0.2) is 0 Å². The van der Waals surface area contributed by atoms with Crippen molar-refractivity contribution in [2.24, 2.45) is 0 Å². The summed E-state index contributed by atoms with van der Waals surface area (Å²) in [6, 6.07) is 11.6. The van der Waals surface area contributed by atoms with Gasteiger partial charge in [0.25, 0.3) is 5.91 Å². The predicted octanol–water partition coefficient (Wildman–Crippen LogP) is 4.89. The average molecular weight is 365 g/mol. The minimum absolute atomic E-state index is 0.431. The fourth-order valence-electron chi connectivity index (χ4n) is 3.77. The number of hydroxylamine groups is 1. The number of hydrogen-bond donors (Lipinski definition) is 2. The second-order valence-corrected chi connectivity index (χ2v) is 6.99. The maximum atomic E-state index is 11.4. The number of rotatable bonds is 8. The summed E-state index contributed by atoms with van der Waals surface area (Å²) in [5, 5.41) is 9.96. The molecule has 0 bridgehead atoms. The van der Waals surface area contributed by atoms with Crippen molar-refractivity contribution in [2.45, 2.75) is 52.0 Å². The molecule has 0 unspecified atom stereocenters. The van der Waals surface area contributed by atoms with Crippen molar-refractivity contribution in [3.05, 3.63) is 65.5 Å². The Balaban J connectivity index is 1.88. The Labute approximate surface area is 160 Å². The topological polar surface area (TPSA) is 67.2 Å². The third-order valence-electron chi connectivity index (χ3n) is 5.08. The third-order valence-corrected chi connectivity index (χ3v) is 5.08. The summed E-state index contributed by atoms with van der Waals surface area (Å²) in [4.78, 5) is 16.1. The van der Waals surface area contributed by atoms with Crippen LogP contribution in [0.4, 0.5) is 0 Å². The van der Waals surface area contributed by atoms with E-state index >= 15 is 0 Å². The van der Waals surface area contributed by atoms with E-state index in [1.54, 1.807) is 17.6 Å². The molecule has 5 heteroatoms. The molecule has 0 aliphatic heterocycles. The van der Waals surface area contributed by atoms with Crippen molar-refractivity contribution in [1.29, 1.82) is 0 Å². The van der Waals surface area contributed by atoms with Crippen molar-refractivity contribution in [3.8, 4) is 0 Å². The van der Waals surface area contributed by atoms with Crippen molar-refractivity contribution in [1.82, 2.24) is 15.0 Å². The van der Waals surface area contributed by atoms with Crippen molar-refractivity contribution >= 4 is 16.9 Å². The maximum Gasteiger partial charge on any atom is 0.274 e. The molecule has 142 valence electrons. The number of fused-ring (bicyclic) bond motifs is 1. The Bertz CT molecular complexity index is 894. The molecule has 0 saturated carbocycles. The van der Waals surface area contributed by atoms with Crippen LogP contribution in [0.15, 0.2) is 48.8 Å². The number of benzene rings is 1. The first kappa shape index (κ1) is 19.1. The number of pyridine rings is 1. The molecule has 1 amide bonds. The van der Waals surface area contributed by atoms with E-state index in [2.05, 4.69) is 41.7 Å². The number of nitrogens with zero attached hydrogens (tertiary/aromatic N) is 2. The number of nitrogens with one attached hydrogen (secondary N) is 1. The van der Waals surface area contributed by atoms with Crippen LogP contribution in [-0.4, -0.2) is 20.7 Å². The summed E-state index contributed by atoms with van der Waals surface area (Å²) in [5.74, 6) is 0.0785. The highest BCUT2D eigenvalue weighted by Gasteiger charge is 2.15. The van der Waals surface area contributed by atoms with Gasteiger partial charge >= 0.3 is 0 Å². The van der Waals surface area contributed by atoms with Crippen LogP contribution >= 0.6 is 0 Å². The largest absolute Gasteiger partial charge is 0.328 e. The van der Waals surface area contributed by atoms with Gasteiger partial charge in [0.2, 0.25) is 0 Å². The van der Waals surface area contributed by atoms with E-state index in [1.165, 1.54) is 36.6 Å². The van der Waals surface area contributed by atoms with Crippen molar-refractivity contribution in [3.63, 3.8) is 0 Å². The molecule has 3 rings (SSSR count). The smallest absolute Gasteiger partial charge is 0.274 e. The normalized spacial score (nSPS) is 11.3. The maximum absolute atomic E-state index is 11.4. The summed E-state index contributed by atoms with van der Waals surface area (Å²) in [7, 11) is 0. The molecule has 3 aromatic rings. The number of hydrogen-bond acceptors (Lipinski definition) is 3. The molecule has 0 aliphatic rings. The quantitative estimate of drug-likeness (QED) is 0.441. The highest BCUT2D eigenvalue weighted by atomic mass is 16.5. The molecule has 27 heavy (non-hydrogen) atoms. The first-order valence-corrected chi connectivity index (χ1v) is 9.65. The zero-order valence-corrected chi connectivity index (χ0v) is 16.0. The third kappa shape index (κ3) is 4.19. The van der Waals surface area contributed by atoms with Gasteiger partial charge < -0.3 is 4.57 Å². The lowest BCUT2D eigenvalue weighted by atomic mass is 9.89. The number of amides is 1. The lowest BCUT2D eigenvalue weighted by Gasteiger charge is -2.17. The molecular formula is C22H27N3O2. The highest BCUT2D eigenvalue weighted by Crippen LogP contribution is 2.32. The fraction of sp³-hybridized carbons (Fsp3) is 0.364. The fourth-order valence-corrected chi connectivity index (χ4v) is 3.77. The van der Waals surface area contributed by atoms with E-state index in [0.717, 1.165) is 11.2 Å². The molecule has 0 radical (unpaired) electrons. The Morgan fingerprint density at radius 2 is 1.81 bits per heavy atom. The summed E-state index contributed by atoms with van der Waals surface area (Å²) >= 11 is 0. The molecular weight excluding hydrogens is 338 g/mol. The average Bonchev–Trinajstić information content (AvgIpc) is 3.11. The monoisotopic (exact) mass is 365 g/mol. The van der Waals surface area contributed by atoms with Gasteiger partial charge in [-0.3, -0.25) is 10.0 Å². The van der Waals surface area contributed by atoms with Gasteiger partial charge in [-0.2, -0.15) is 0 Å². The molecule has 0 atom stereocenters. The Morgan fingerprint density at radius 3 is 2.44 bits per heavy atom. The molecule has 5 nitrogen and oxygen atoms in total. The van der Waals surface area contributed by atoms with E-state index in [4.69, 9.17) is 5.21 Å². The molecule has 0 aliphatic carbocycles. The van der Waals surface area contributed by atoms with Gasteiger partial charge in [0, 0.05) is 29.9 Å². The van der Waals surface area contributed by atoms with Crippen LogP contribution in [0.3, 0.4) is 0 Å². The van der Waals surface area contributed by atoms with E-state index in [9.17, 15) is 4.79 Å². The number of carbonyl (C=O) groups excluding carboxylic acids is 1. The molecule has 0 spiro atoms. The van der Waals surface area contributed by atoms with Crippen molar-refractivity contribution < 1.29 is 10.0 Å². The zero-order chi connectivity index (χ0) is 19.2. The summed E-state index contributed by atoms with van der Waals surface area (Å²) < 4.78 is 2.15. The Hall–Kier alpha value is -2.66. The van der Waals surface area contributed by atoms with E-state index in [0.29, 0.717) is 18.0 Å². The van der Waals surface area contributed by atoms with E-state index < -0.39 is 5.91 Å². The Kier molecular flexibility index (Phi) is 6.24. The standard InChI is InChI=1S/C22H27N3O2/c1-3-5-17(6-4-2)19-11-13-23-21-20(19)12-14-25(21)15-16-7-9-18(10-8-16)22(26)24-27/h7-14,17,27H,3-6,15H2,1-2H3,(H,24,26). The van der Waals surface area contributed by atoms with Crippen LogP contribution in [0.25, 0.3) is 11.0 Å². The van der Waals surface area contributed by atoms with Crippen LogP contribution in [0.2, 0.25) is 0 Å². The first-order chi connectivity index (χ1) is 13.2. The molecule has 0 saturated heterocycles. The van der Waals surface area contributed by atoms with Crippen LogP contribution < -0.4 is 5.48 Å². The SMILES string of the molecule is CCCC(CCC)c1ccnc2c1ccn2Cc1ccc(C(=O)NO)cc1. The molecule has 2 N–H and O–H groups in total. The zero-order valence-electron chi connectivity index (χ0n) is 16.0. The lowest BCUT2D eigenvalue weighted by molar-refractivity contribution is 0.0706. The molecule has 1 aromatic carbocycles. The van der Waals surface area contributed by atoms with Crippen LogP contribution in [0, 0.1) is 0 Å². The second-order valence-electron chi connectivity index (χ2n) is 6.99. The summed E-state index contributed by atoms with van der Waals surface area (Å²) in [5.41, 5.74) is 5.56. The molecule has 0 fully saturated rings. The van der Waals surface area contributed by atoms with Crippen LogP contribution in [-0.2, 0) is 6.54 Å². The molecule has 2 aromatic heterocycles. The van der Waals surface area contributed by atoms with Gasteiger partial charge in [0.1, 0.15) is 5.65 Å². The van der Waals surface area contributed by atoms with Gasteiger partial charge in [-0.25, -0.2) is 10.5 Å². The lowest BCUT2D eigenvalue weighted by Crippen LogP contribution is -2.18. The second kappa shape index (κ2) is 8.82. The first-order valence-electron chi connectivity index (χ1n) is 9.65. The minimum Gasteiger partial charge on any atom is -0.328 e. The van der Waals surface area contributed by atoms with Gasteiger partial charge in [-0.1, -0.05) is 38.8 Å². The minimum atomic E-state index is -0.503. The van der Waals surface area contributed by atoms with Gasteiger partial charge in [-0.15, -0.1) is 0 Å². The highest BCUT2D eigenvalue weighted by molar-refractivity contribution is 5.93. The van der Waals surface area contributed by atoms with Crippen molar-refractivity contribution in [2.75, 3.05) is 0 Å². The Morgan fingerprint density at radius 1 is 1.11 bits per heavy atom. The van der Waals surface area contributed by atoms with Crippen LogP contribution in [0.1, 0.15) is 66.9 Å². The summed E-state index contributed by atoms with van der Waals surface area (Å²) in [6.07, 6.45) is 8.77. The summed E-state index contributed by atoms with van der Waals surface area (Å²) in [6.45, 7) is 5.17. The number of carbonyl (C=O) groups is 1. The molecule has 2 heterocycles. The van der Waals surface area contributed by atoms with E-state index in [1.807, 2.05) is 18.3 Å². The van der Waals surface area contributed by atoms with Gasteiger partial charge in [0.05, 0.1) is 0 Å². The van der Waals surface area contributed by atoms with E-state index in [-0.39, 0.29) is 0 Å².